The molecule has 0 aliphatic carbocycles. The molecule has 0 saturated heterocycles. The van der Waals surface area contributed by atoms with Crippen LogP contribution in [0.3, 0.4) is 0 Å². The quantitative estimate of drug-likeness (QED) is 0.435. The van der Waals surface area contributed by atoms with E-state index < -0.39 is 0 Å². The van der Waals surface area contributed by atoms with E-state index in [9.17, 15) is 4.79 Å². The van der Waals surface area contributed by atoms with E-state index in [1.165, 1.54) is 5.56 Å². The third-order valence-electron chi connectivity index (χ3n) is 6.18. The third kappa shape index (κ3) is 3.36. The van der Waals surface area contributed by atoms with E-state index in [-0.39, 0.29) is 11.9 Å². The first-order chi connectivity index (χ1) is 15.6. The first kappa shape index (κ1) is 20.1. The van der Waals surface area contributed by atoms with E-state index in [1.54, 1.807) is 0 Å². The van der Waals surface area contributed by atoms with Gasteiger partial charge < -0.3 is 10.6 Å². The molecule has 1 aliphatic heterocycles. The van der Waals surface area contributed by atoms with Crippen LogP contribution >= 0.6 is 0 Å². The average Bonchev–Trinajstić information content (AvgIpc) is 3.17. The number of para-hydroxylation sites is 2. The summed E-state index contributed by atoms with van der Waals surface area (Å²) >= 11 is 0. The maximum atomic E-state index is 13.7. The Morgan fingerprint density at radius 2 is 1.72 bits per heavy atom. The molecular formula is C27H26N4O. The van der Waals surface area contributed by atoms with Gasteiger partial charge in [-0.1, -0.05) is 55.5 Å². The number of aromatic nitrogens is 2. The molecule has 0 bridgehead atoms. The van der Waals surface area contributed by atoms with Crippen LogP contribution in [0.4, 0.5) is 11.6 Å². The van der Waals surface area contributed by atoms with E-state index >= 15 is 0 Å². The number of carbonyl (C=O) groups is 1. The Morgan fingerprint density at radius 1 is 1.00 bits per heavy atom. The van der Waals surface area contributed by atoms with Crippen LogP contribution in [0.5, 0.6) is 0 Å². The van der Waals surface area contributed by atoms with Crippen molar-refractivity contribution in [3.8, 4) is 0 Å². The van der Waals surface area contributed by atoms with E-state index in [0.29, 0.717) is 5.57 Å². The molecule has 5 nitrogen and oxygen atoms in total. The Kier molecular flexibility index (Phi) is 5.02. The van der Waals surface area contributed by atoms with Gasteiger partial charge in [-0.25, -0.2) is 4.98 Å². The second-order valence-electron chi connectivity index (χ2n) is 8.22. The summed E-state index contributed by atoms with van der Waals surface area (Å²) in [5, 5.41) is 6.49. The van der Waals surface area contributed by atoms with E-state index in [2.05, 4.69) is 59.4 Å². The zero-order chi connectivity index (χ0) is 22.2. The number of amides is 1. The van der Waals surface area contributed by atoms with Crippen LogP contribution in [-0.2, 0) is 11.2 Å². The number of hydrogen-bond donors (Lipinski definition) is 2. The van der Waals surface area contributed by atoms with Gasteiger partial charge in [0.2, 0.25) is 5.95 Å². The highest BCUT2D eigenvalue weighted by atomic mass is 16.1. The molecule has 0 unspecified atom stereocenters. The molecule has 0 fully saturated rings. The van der Waals surface area contributed by atoms with Crippen molar-refractivity contribution in [1.82, 2.24) is 9.55 Å². The Morgan fingerprint density at radius 3 is 2.47 bits per heavy atom. The number of allylic oxidation sites excluding steroid dienone is 1. The fraction of sp³-hybridized carbons (Fsp3) is 0.185. The number of aryl methyl sites for hydroxylation is 2. The first-order valence-electron chi connectivity index (χ1n) is 11.0. The van der Waals surface area contributed by atoms with Crippen LogP contribution in [0.25, 0.3) is 11.0 Å². The van der Waals surface area contributed by atoms with Gasteiger partial charge >= 0.3 is 0 Å². The highest BCUT2D eigenvalue weighted by molar-refractivity contribution is 6.06. The number of anilines is 2. The molecule has 1 atom stereocenters. The maximum absolute atomic E-state index is 13.7. The molecule has 0 spiro atoms. The fourth-order valence-electron chi connectivity index (χ4n) is 4.47. The number of fused-ring (bicyclic) bond motifs is 3. The molecule has 5 rings (SSSR count). The number of nitrogens with zero attached hydrogens (tertiary/aromatic N) is 2. The zero-order valence-electron chi connectivity index (χ0n) is 18.5. The molecule has 1 aromatic heterocycles. The molecule has 1 amide bonds. The predicted molar refractivity (Wildman–Crippen MR) is 130 cm³/mol. The summed E-state index contributed by atoms with van der Waals surface area (Å²) in [6.07, 6.45) is 0.967. The van der Waals surface area contributed by atoms with Gasteiger partial charge in [0.1, 0.15) is 0 Å². The van der Waals surface area contributed by atoms with Gasteiger partial charge in [-0.3, -0.25) is 9.36 Å². The SMILES string of the molecule is CCc1ccc(NC(=O)C2=C(C)Nc3nc4ccccc4n3[C@H]2c2ccccc2C)cc1. The molecule has 3 aromatic carbocycles. The van der Waals surface area contributed by atoms with Gasteiger partial charge in [0.05, 0.1) is 22.6 Å². The van der Waals surface area contributed by atoms with Crippen molar-refractivity contribution in [2.75, 3.05) is 10.6 Å². The normalized spacial score (nSPS) is 15.4. The van der Waals surface area contributed by atoms with Gasteiger partial charge in [0.15, 0.2) is 0 Å². The smallest absolute Gasteiger partial charge is 0.255 e. The van der Waals surface area contributed by atoms with Crippen molar-refractivity contribution in [2.24, 2.45) is 0 Å². The van der Waals surface area contributed by atoms with Gasteiger partial charge in [0, 0.05) is 11.4 Å². The highest BCUT2D eigenvalue weighted by Gasteiger charge is 2.34. The van der Waals surface area contributed by atoms with Crippen molar-refractivity contribution in [3.63, 3.8) is 0 Å². The molecule has 1 aliphatic rings. The van der Waals surface area contributed by atoms with E-state index in [4.69, 9.17) is 4.98 Å². The van der Waals surface area contributed by atoms with Crippen molar-refractivity contribution >= 4 is 28.6 Å². The number of imidazole rings is 1. The van der Waals surface area contributed by atoms with Crippen molar-refractivity contribution in [2.45, 2.75) is 33.2 Å². The van der Waals surface area contributed by atoms with Crippen LogP contribution in [0.15, 0.2) is 84.1 Å². The minimum absolute atomic E-state index is 0.115. The molecule has 32 heavy (non-hydrogen) atoms. The summed E-state index contributed by atoms with van der Waals surface area (Å²) in [5.41, 5.74) is 7.64. The fourth-order valence-corrected chi connectivity index (χ4v) is 4.47. The van der Waals surface area contributed by atoms with Gasteiger partial charge in [-0.15, -0.1) is 0 Å². The number of hydrogen-bond acceptors (Lipinski definition) is 3. The lowest BCUT2D eigenvalue weighted by molar-refractivity contribution is -0.113. The van der Waals surface area contributed by atoms with E-state index in [1.807, 2.05) is 49.4 Å². The summed E-state index contributed by atoms with van der Waals surface area (Å²) in [5.74, 6) is 0.636. The number of rotatable bonds is 4. The van der Waals surface area contributed by atoms with Crippen LogP contribution < -0.4 is 10.6 Å². The Hall–Kier alpha value is -3.86. The minimum atomic E-state index is -0.283. The molecule has 0 radical (unpaired) electrons. The lowest BCUT2D eigenvalue weighted by atomic mass is 9.91. The second kappa shape index (κ2) is 8.00. The summed E-state index contributed by atoms with van der Waals surface area (Å²) in [7, 11) is 0. The van der Waals surface area contributed by atoms with Crippen molar-refractivity contribution < 1.29 is 4.79 Å². The summed E-state index contributed by atoms with van der Waals surface area (Å²) < 4.78 is 2.14. The van der Waals surface area contributed by atoms with Crippen LogP contribution in [-0.4, -0.2) is 15.5 Å². The largest absolute Gasteiger partial charge is 0.329 e. The topological polar surface area (TPSA) is 59.0 Å². The molecule has 2 heterocycles. The van der Waals surface area contributed by atoms with Crippen molar-refractivity contribution in [3.05, 3.63) is 101 Å². The molecule has 160 valence electrons. The van der Waals surface area contributed by atoms with Crippen LogP contribution in [0, 0.1) is 6.92 Å². The summed E-state index contributed by atoms with van der Waals surface area (Å²) in [4.78, 5) is 18.4. The Balaban J connectivity index is 1.64. The zero-order valence-corrected chi connectivity index (χ0v) is 18.5. The number of benzene rings is 3. The molecule has 2 N–H and O–H groups in total. The van der Waals surface area contributed by atoms with Crippen LogP contribution in [0.1, 0.15) is 36.6 Å². The lowest BCUT2D eigenvalue weighted by Crippen LogP contribution is -2.31. The molecule has 4 aromatic rings. The Bertz CT molecular complexity index is 1350. The third-order valence-corrected chi connectivity index (χ3v) is 6.18. The highest BCUT2D eigenvalue weighted by Crippen LogP contribution is 2.40. The molecular weight excluding hydrogens is 396 g/mol. The monoisotopic (exact) mass is 422 g/mol. The predicted octanol–water partition coefficient (Wildman–Crippen LogP) is 5.83. The summed E-state index contributed by atoms with van der Waals surface area (Å²) in [6.45, 7) is 6.16. The van der Waals surface area contributed by atoms with Crippen molar-refractivity contribution in [1.29, 1.82) is 0 Å². The van der Waals surface area contributed by atoms with Gasteiger partial charge in [-0.2, -0.15) is 0 Å². The average molecular weight is 423 g/mol. The first-order valence-corrected chi connectivity index (χ1v) is 11.0. The van der Waals surface area contributed by atoms with Crippen LogP contribution in [0.2, 0.25) is 0 Å². The minimum Gasteiger partial charge on any atom is -0.329 e. The van der Waals surface area contributed by atoms with Gasteiger partial charge in [-0.05, 0) is 61.2 Å². The number of nitrogens with one attached hydrogen (secondary N) is 2. The lowest BCUT2D eigenvalue weighted by Gasteiger charge is -2.31. The Labute approximate surface area is 187 Å². The molecule has 5 heteroatoms. The number of carbonyl (C=O) groups excluding carboxylic acids is 1. The molecule has 0 saturated carbocycles. The standard InChI is InChI=1S/C27H26N4O/c1-4-19-13-15-20(16-14-19)29-26(32)24-18(3)28-27-30-22-11-7-8-12-23(22)31(27)25(24)21-10-6-5-9-17(21)2/h5-16,25H,4H2,1-3H3,(H,28,30)(H,29,32)/t25-/m0/s1. The summed E-state index contributed by atoms with van der Waals surface area (Å²) in [6, 6.07) is 24.0. The second-order valence-corrected chi connectivity index (χ2v) is 8.22. The van der Waals surface area contributed by atoms with Gasteiger partial charge in [0.25, 0.3) is 5.91 Å². The van der Waals surface area contributed by atoms with E-state index in [0.717, 1.165) is 45.9 Å². The maximum Gasteiger partial charge on any atom is 0.255 e.